The van der Waals surface area contributed by atoms with E-state index in [9.17, 15) is 0 Å². The SMILES string of the molecule is NC(CCO)CSc1ncccn1. The van der Waals surface area contributed by atoms with E-state index < -0.39 is 0 Å². The van der Waals surface area contributed by atoms with E-state index in [2.05, 4.69) is 9.97 Å². The first-order valence-electron chi connectivity index (χ1n) is 4.09. The molecule has 5 heteroatoms. The summed E-state index contributed by atoms with van der Waals surface area (Å²) in [6.07, 6.45) is 4.03. The zero-order chi connectivity index (χ0) is 9.52. The summed E-state index contributed by atoms with van der Waals surface area (Å²) < 4.78 is 0. The minimum absolute atomic E-state index is 0.0128. The van der Waals surface area contributed by atoms with Crippen LogP contribution < -0.4 is 5.73 Å². The second-order valence-electron chi connectivity index (χ2n) is 2.61. The average molecular weight is 199 g/mol. The summed E-state index contributed by atoms with van der Waals surface area (Å²) >= 11 is 1.51. The van der Waals surface area contributed by atoms with Gasteiger partial charge in [-0.15, -0.1) is 0 Å². The van der Waals surface area contributed by atoms with Crippen molar-refractivity contribution >= 4 is 11.8 Å². The summed E-state index contributed by atoms with van der Waals surface area (Å²) in [4.78, 5) is 8.09. The molecule has 0 aliphatic carbocycles. The molecule has 0 amide bonds. The van der Waals surface area contributed by atoms with E-state index in [1.54, 1.807) is 18.5 Å². The molecule has 1 atom stereocenters. The maximum atomic E-state index is 8.61. The van der Waals surface area contributed by atoms with Crippen LogP contribution in [0.1, 0.15) is 6.42 Å². The Morgan fingerprint density at radius 1 is 1.46 bits per heavy atom. The Labute approximate surface area is 81.6 Å². The van der Waals surface area contributed by atoms with E-state index in [0.717, 1.165) is 10.9 Å². The molecule has 0 saturated heterocycles. The Balaban J connectivity index is 2.27. The van der Waals surface area contributed by atoms with Gasteiger partial charge in [0.15, 0.2) is 5.16 Å². The van der Waals surface area contributed by atoms with Crippen LogP contribution >= 0.6 is 11.8 Å². The van der Waals surface area contributed by atoms with Gasteiger partial charge in [-0.25, -0.2) is 9.97 Å². The Hall–Kier alpha value is -0.650. The van der Waals surface area contributed by atoms with Gasteiger partial charge >= 0.3 is 0 Å². The standard InChI is InChI=1S/C8H13N3OS/c9-7(2-5-12)6-13-8-10-3-1-4-11-8/h1,3-4,7,12H,2,5-6,9H2. The topological polar surface area (TPSA) is 72.0 Å². The number of aromatic nitrogens is 2. The number of nitrogens with two attached hydrogens (primary N) is 1. The summed E-state index contributed by atoms with van der Waals surface area (Å²) in [6.45, 7) is 0.136. The summed E-state index contributed by atoms with van der Waals surface area (Å²) in [7, 11) is 0. The van der Waals surface area contributed by atoms with Gasteiger partial charge in [-0.05, 0) is 12.5 Å². The third-order valence-electron chi connectivity index (χ3n) is 1.47. The highest BCUT2D eigenvalue weighted by Gasteiger charge is 2.03. The molecule has 0 aliphatic rings. The monoisotopic (exact) mass is 199 g/mol. The van der Waals surface area contributed by atoms with Crippen molar-refractivity contribution in [3.63, 3.8) is 0 Å². The van der Waals surface area contributed by atoms with Crippen LogP contribution in [-0.2, 0) is 0 Å². The first-order chi connectivity index (χ1) is 6.33. The van der Waals surface area contributed by atoms with Crippen LogP contribution in [0, 0.1) is 0 Å². The average Bonchev–Trinajstić information content (AvgIpc) is 2.17. The molecule has 0 fully saturated rings. The van der Waals surface area contributed by atoms with Crippen molar-refractivity contribution in [3.8, 4) is 0 Å². The summed E-state index contributed by atoms with van der Waals surface area (Å²) in [5.74, 6) is 0.741. The van der Waals surface area contributed by atoms with Crippen LogP contribution in [0.5, 0.6) is 0 Å². The van der Waals surface area contributed by atoms with E-state index in [-0.39, 0.29) is 12.6 Å². The molecule has 0 saturated carbocycles. The molecule has 0 bridgehead atoms. The molecule has 4 nitrogen and oxygen atoms in total. The molecule has 0 radical (unpaired) electrons. The second kappa shape index (κ2) is 5.90. The highest BCUT2D eigenvalue weighted by molar-refractivity contribution is 7.99. The fourth-order valence-corrected chi connectivity index (χ4v) is 1.59. The van der Waals surface area contributed by atoms with Crippen molar-refractivity contribution in [2.45, 2.75) is 17.6 Å². The molecule has 13 heavy (non-hydrogen) atoms. The zero-order valence-corrected chi connectivity index (χ0v) is 8.07. The van der Waals surface area contributed by atoms with Crippen LogP contribution in [0.25, 0.3) is 0 Å². The summed E-state index contributed by atoms with van der Waals surface area (Å²) in [5, 5.41) is 9.35. The second-order valence-corrected chi connectivity index (χ2v) is 3.60. The third kappa shape index (κ3) is 4.21. The lowest BCUT2D eigenvalue weighted by Crippen LogP contribution is -2.24. The predicted octanol–water partition coefficient (Wildman–Crippen LogP) is 0.278. The zero-order valence-electron chi connectivity index (χ0n) is 7.26. The summed E-state index contributed by atoms with van der Waals surface area (Å²) in [5.41, 5.74) is 5.70. The molecule has 0 aliphatic heterocycles. The number of aliphatic hydroxyl groups is 1. The molecular weight excluding hydrogens is 186 g/mol. The normalized spacial score (nSPS) is 12.8. The van der Waals surface area contributed by atoms with E-state index in [1.165, 1.54) is 11.8 Å². The fraction of sp³-hybridized carbons (Fsp3) is 0.500. The lowest BCUT2D eigenvalue weighted by atomic mass is 10.3. The van der Waals surface area contributed by atoms with Gasteiger partial charge in [-0.2, -0.15) is 0 Å². The first-order valence-corrected chi connectivity index (χ1v) is 5.07. The molecule has 0 aromatic carbocycles. The number of hydrogen-bond acceptors (Lipinski definition) is 5. The molecule has 1 rings (SSSR count). The van der Waals surface area contributed by atoms with Gasteiger partial charge in [0, 0.05) is 30.8 Å². The number of aliphatic hydroxyl groups excluding tert-OH is 1. The predicted molar refractivity (Wildman–Crippen MR) is 52.4 cm³/mol. The van der Waals surface area contributed by atoms with Crippen molar-refractivity contribution in [1.82, 2.24) is 9.97 Å². The molecule has 0 spiro atoms. The lowest BCUT2D eigenvalue weighted by molar-refractivity contribution is 0.279. The Bertz CT molecular complexity index is 232. The molecule has 3 N–H and O–H groups in total. The smallest absolute Gasteiger partial charge is 0.187 e. The van der Waals surface area contributed by atoms with Gasteiger partial charge in [0.2, 0.25) is 0 Å². The van der Waals surface area contributed by atoms with Crippen molar-refractivity contribution < 1.29 is 5.11 Å². The van der Waals surface area contributed by atoms with Crippen LogP contribution in [0.4, 0.5) is 0 Å². The minimum atomic E-state index is 0.0128. The van der Waals surface area contributed by atoms with E-state index >= 15 is 0 Å². The molecule has 1 aromatic rings. The third-order valence-corrected chi connectivity index (χ3v) is 2.53. The Kier molecular flexibility index (Phi) is 4.74. The maximum absolute atomic E-state index is 8.61. The molecule has 1 unspecified atom stereocenters. The van der Waals surface area contributed by atoms with Crippen molar-refractivity contribution in [2.24, 2.45) is 5.73 Å². The van der Waals surface area contributed by atoms with Crippen LogP contribution in [0.3, 0.4) is 0 Å². The Morgan fingerprint density at radius 2 is 2.15 bits per heavy atom. The van der Waals surface area contributed by atoms with Gasteiger partial charge < -0.3 is 10.8 Å². The van der Waals surface area contributed by atoms with Crippen LogP contribution in [0.15, 0.2) is 23.6 Å². The molecule has 1 heterocycles. The number of thioether (sulfide) groups is 1. The van der Waals surface area contributed by atoms with Crippen LogP contribution in [-0.4, -0.2) is 33.5 Å². The lowest BCUT2D eigenvalue weighted by Gasteiger charge is -2.07. The highest BCUT2D eigenvalue weighted by Crippen LogP contribution is 2.12. The van der Waals surface area contributed by atoms with Gasteiger partial charge in [-0.3, -0.25) is 0 Å². The molecule has 1 aromatic heterocycles. The quantitative estimate of drug-likeness (QED) is 0.526. The maximum Gasteiger partial charge on any atom is 0.187 e. The Morgan fingerprint density at radius 3 is 2.77 bits per heavy atom. The number of nitrogens with zero attached hydrogens (tertiary/aromatic N) is 2. The van der Waals surface area contributed by atoms with Crippen molar-refractivity contribution in [2.75, 3.05) is 12.4 Å². The molecular formula is C8H13N3OS. The molecule has 72 valence electrons. The van der Waals surface area contributed by atoms with Crippen molar-refractivity contribution in [1.29, 1.82) is 0 Å². The van der Waals surface area contributed by atoms with Crippen LogP contribution in [0.2, 0.25) is 0 Å². The van der Waals surface area contributed by atoms with Gasteiger partial charge in [-0.1, -0.05) is 11.8 Å². The van der Waals surface area contributed by atoms with E-state index in [1.807, 2.05) is 0 Å². The van der Waals surface area contributed by atoms with Gasteiger partial charge in [0.25, 0.3) is 0 Å². The minimum Gasteiger partial charge on any atom is -0.396 e. The first kappa shape index (κ1) is 10.4. The largest absolute Gasteiger partial charge is 0.396 e. The highest BCUT2D eigenvalue weighted by atomic mass is 32.2. The van der Waals surface area contributed by atoms with Gasteiger partial charge in [0.05, 0.1) is 0 Å². The number of rotatable bonds is 5. The van der Waals surface area contributed by atoms with E-state index in [4.69, 9.17) is 10.8 Å². The fourth-order valence-electron chi connectivity index (χ4n) is 0.791. The summed E-state index contributed by atoms with van der Waals surface area (Å²) in [6, 6.07) is 1.79. The van der Waals surface area contributed by atoms with Gasteiger partial charge in [0.1, 0.15) is 0 Å². The number of hydrogen-bond donors (Lipinski definition) is 2. The van der Waals surface area contributed by atoms with E-state index in [0.29, 0.717) is 6.42 Å². The van der Waals surface area contributed by atoms with Crippen molar-refractivity contribution in [3.05, 3.63) is 18.5 Å².